The molecule has 3 aromatic rings. The van der Waals surface area contributed by atoms with Crippen LogP contribution in [-0.2, 0) is 4.79 Å². The molecule has 128 valence electrons. The molecule has 0 aliphatic rings. The van der Waals surface area contributed by atoms with Crippen molar-refractivity contribution in [1.29, 1.82) is 0 Å². The molecule has 0 fully saturated rings. The highest BCUT2D eigenvalue weighted by Crippen LogP contribution is 2.24. The summed E-state index contributed by atoms with van der Waals surface area (Å²) in [7, 11) is 1.59. The lowest BCUT2D eigenvalue weighted by atomic mass is 10.00. The predicted molar refractivity (Wildman–Crippen MR) is 102 cm³/mol. The summed E-state index contributed by atoms with van der Waals surface area (Å²) in [5.74, 6) is 0.550. The molecule has 0 radical (unpaired) electrons. The first-order chi connectivity index (χ1) is 12.2. The van der Waals surface area contributed by atoms with Crippen LogP contribution in [0.2, 0.25) is 0 Å². The number of benzene rings is 3. The number of anilines is 1. The quantitative estimate of drug-likeness (QED) is 0.712. The third kappa shape index (κ3) is 3.98. The SMILES string of the molecule is COc1ccccc1NC(=O)CN[C@@H](C)c1cccc2ccccc12. The first kappa shape index (κ1) is 17.0. The third-order valence-electron chi connectivity index (χ3n) is 4.24. The van der Waals surface area contributed by atoms with Gasteiger partial charge in [0, 0.05) is 6.04 Å². The van der Waals surface area contributed by atoms with E-state index in [1.165, 1.54) is 16.3 Å². The molecule has 25 heavy (non-hydrogen) atoms. The molecular formula is C21H22N2O2. The van der Waals surface area contributed by atoms with Gasteiger partial charge in [-0.2, -0.15) is 0 Å². The summed E-state index contributed by atoms with van der Waals surface area (Å²) in [6.07, 6.45) is 0. The maximum atomic E-state index is 12.3. The monoisotopic (exact) mass is 334 g/mol. The number of methoxy groups -OCH3 is 1. The summed E-state index contributed by atoms with van der Waals surface area (Å²) < 4.78 is 5.25. The second-order valence-corrected chi connectivity index (χ2v) is 5.92. The molecule has 1 amide bonds. The number of rotatable bonds is 6. The van der Waals surface area contributed by atoms with E-state index >= 15 is 0 Å². The Labute approximate surface area is 147 Å². The van der Waals surface area contributed by atoms with Gasteiger partial charge in [-0.15, -0.1) is 0 Å². The smallest absolute Gasteiger partial charge is 0.238 e. The highest BCUT2D eigenvalue weighted by molar-refractivity contribution is 5.93. The number of amides is 1. The summed E-state index contributed by atoms with van der Waals surface area (Å²) in [5, 5.41) is 8.58. The average molecular weight is 334 g/mol. The minimum absolute atomic E-state index is 0.0644. The van der Waals surface area contributed by atoms with Crippen molar-refractivity contribution < 1.29 is 9.53 Å². The fourth-order valence-electron chi connectivity index (χ4n) is 2.93. The topological polar surface area (TPSA) is 50.4 Å². The lowest BCUT2D eigenvalue weighted by Gasteiger charge is -2.17. The van der Waals surface area contributed by atoms with Crippen LogP contribution in [0.3, 0.4) is 0 Å². The van der Waals surface area contributed by atoms with E-state index in [1.807, 2.05) is 42.5 Å². The molecule has 4 nitrogen and oxygen atoms in total. The van der Waals surface area contributed by atoms with E-state index in [9.17, 15) is 4.79 Å². The first-order valence-corrected chi connectivity index (χ1v) is 8.33. The standard InChI is InChI=1S/C21H22N2O2/c1-15(17-11-7-9-16-8-3-4-10-18(16)17)22-14-21(24)23-19-12-5-6-13-20(19)25-2/h3-13,15,22H,14H2,1-2H3,(H,23,24)/t15-/m0/s1. The molecule has 3 aromatic carbocycles. The molecule has 2 N–H and O–H groups in total. The van der Waals surface area contributed by atoms with Crippen LogP contribution in [0.25, 0.3) is 10.8 Å². The summed E-state index contributed by atoms with van der Waals surface area (Å²) in [6.45, 7) is 2.29. The normalized spacial score (nSPS) is 11.9. The van der Waals surface area contributed by atoms with Gasteiger partial charge in [-0.25, -0.2) is 0 Å². The minimum Gasteiger partial charge on any atom is -0.495 e. The Kier molecular flexibility index (Phi) is 5.31. The van der Waals surface area contributed by atoms with Crippen molar-refractivity contribution in [1.82, 2.24) is 5.32 Å². The molecule has 0 aliphatic carbocycles. The lowest BCUT2D eigenvalue weighted by molar-refractivity contribution is -0.115. The molecule has 0 unspecified atom stereocenters. The van der Waals surface area contributed by atoms with Crippen LogP contribution >= 0.6 is 0 Å². The zero-order valence-corrected chi connectivity index (χ0v) is 14.5. The molecule has 0 aromatic heterocycles. The van der Waals surface area contributed by atoms with E-state index in [0.29, 0.717) is 11.4 Å². The van der Waals surface area contributed by atoms with Crippen LogP contribution in [0, 0.1) is 0 Å². The maximum Gasteiger partial charge on any atom is 0.238 e. The van der Waals surface area contributed by atoms with Gasteiger partial charge in [-0.05, 0) is 35.4 Å². The molecule has 0 spiro atoms. The number of para-hydroxylation sites is 2. The lowest BCUT2D eigenvalue weighted by Crippen LogP contribution is -2.30. The van der Waals surface area contributed by atoms with Crippen LogP contribution in [0.1, 0.15) is 18.5 Å². The highest BCUT2D eigenvalue weighted by atomic mass is 16.5. The largest absolute Gasteiger partial charge is 0.495 e. The van der Waals surface area contributed by atoms with Crippen LogP contribution in [0.15, 0.2) is 66.7 Å². The van der Waals surface area contributed by atoms with Crippen molar-refractivity contribution in [3.63, 3.8) is 0 Å². The second-order valence-electron chi connectivity index (χ2n) is 5.92. The van der Waals surface area contributed by atoms with E-state index < -0.39 is 0 Å². The fraction of sp³-hybridized carbons (Fsp3) is 0.190. The van der Waals surface area contributed by atoms with Crippen LogP contribution < -0.4 is 15.4 Å². The Bertz CT molecular complexity index is 871. The molecule has 0 bridgehead atoms. The Hall–Kier alpha value is -2.85. The minimum atomic E-state index is -0.100. The van der Waals surface area contributed by atoms with Crippen molar-refractivity contribution in [3.05, 3.63) is 72.3 Å². The van der Waals surface area contributed by atoms with E-state index in [0.717, 1.165) is 0 Å². The summed E-state index contributed by atoms with van der Waals surface area (Å²) in [4.78, 5) is 12.3. The summed E-state index contributed by atoms with van der Waals surface area (Å²) in [6, 6.07) is 22.0. The maximum absolute atomic E-state index is 12.3. The zero-order valence-electron chi connectivity index (χ0n) is 14.5. The molecular weight excluding hydrogens is 312 g/mol. The third-order valence-corrected chi connectivity index (χ3v) is 4.24. The number of hydrogen-bond acceptors (Lipinski definition) is 3. The number of carbonyl (C=O) groups excluding carboxylic acids is 1. The van der Waals surface area contributed by atoms with Gasteiger partial charge in [-0.3, -0.25) is 4.79 Å². The Morgan fingerprint density at radius 2 is 1.72 bits per heavy atom. The van der Waals surface area contributed by atoms with Crippen molar-refractivity contribution >= 4 is 22.4 Å². The molecule has 0 saturated heterocycles. The summed E-state index contributed by atoms with van der Waals surface area (Å²) >= 11 is 0. The summed E-state index contributed by atoms with van der Waals surface area (Å²) in [5.41, 5.74) is 1.86. The van der Waals surface area contributed by atoms with Crippen LogP contribution in [0.5, 0.6) is 5.75 Å². The van der Waals surface area contributed by atoms with E-state index in [-0.39, 0.29) is 18.5 Å². The van der Waals surface area contributed by atoms with Gasteiger partial charge in [-0.1, -0.05) is 54.6 Å². The van der Waals surface area contributed by atoms with Crippen molar-refractivity contribution in [3.8, 4) is 5.75 Å². The van der Waals surface area contributed by atoms with Gasteiger partial charge in [0.1, 0.15) is 5.75 Å². The molecule has 0 heterocycles. The van der Waals surface area contributed by atoms with Crippen molar-refractivity contribution in [2.75, 3.05) is 19.0 Å². The van der Waals surface area contributed by atoms with Gasteiger partial charge < -0.3 is 15.4 Å². The first-order valence-electron chi connectivity index (χ1n) is 8.33. The van der Waals surface area contributed by atoms with E-state index in [4.69, 9.17) is 4.74 Å². The Balaban J connectivity index is 1.65. The number of hydrogen-bond donors (Lipinski definition) is 2. The van der Waals surface area contributed by atoms with Gasteiger partial charge in [0.25, 0.3) is 0 Å². The Morgan fingerprint density at radius 1 is 1.00 bits per heavy atom. The van der Waals surface area contributed by atoms with Crippen molar-refractivity contribution in [2.24, 2.45) is 0 Å². The zero-order chi connectivity index (χ0) is 17.6. The van der Waals surface area contributed by atoms with Gasteiger partial charge in [0.15, 0.2) is 0 Å². The van der Waals surface area contributed by atoms with E-state index in [2.05, 4.69) is 41.8 Å². The van der Waals surface area contributed by atoms with Gasteiger partial charge >= 0.3 is 0 Å². The Morgan fingerprint density at radius 3 is 2.56 bits per heavy atom. The average Bonchev–Trinajstić information content (AvgIpc) is 2.66. The number of fused-ring (bicyclic) bond motifs is 1. The molecule has 1 atom stereocenters. The molecule has 0 saturated carbocycles. The van der Waals surface area contributed by atoms with Gasteiger partial charge in [0.05, 0.1) is 19.3 Å². The van der Waals surface area contributed by atoms with Gasteiger partial charge in [0.2, 0.25) is 5.91 Å². The number of nitrogens with one attached hydrogen (secondary N) is 2. The second kappa shape index (κ2) is 7.81. The fourth-order valence-corrected chi connectivity index (χ4v) is 2.93. The molecule has 4 heteroatoms. The van der Waals surface area contributed by atoms with Crippen molar-refractivity contribution in [2.45, 2.75) is 13.0 Å². The number of carbonyl (C=O) groups is 1. The van der Waals surface area contributed by atoms with Crippen LogP contribution in [-0.4, -0.2) is 19.6 Å². The van der Waals surface area contributed by atoms with Crippen LogP contribution in [0.4, 0.5) is 5.69 Å². The highest BCUT2D eigenvalue weighted by Gasteiger charge is 2.11. The molecule has 0 aliphatic heterocycles. The molecule has 3 rings (SSSR count). The van der Waals surface area contributed by atoms with E-state index in [1.54, 1.807) is 7.11 Å². The number of ether oxygens (including phenoxy) is 1. The predicted octanol–water partition coefficient (Wildman–Crippen LogP) is 4.14.